The molecular formula is C13H20F3N3O. The molecule has 1 aromatic rings. The van der Waals surface area contributed by atoms with E-state index in [0.717, 1.165) is 24.4 Å². The van der Waals surface area contributed by atoms with Crippen molar-refractivity contribution in [3.05, 3.63) is 17.3 Å². The number of nitrogens with zero attached hydrogens (tertiary/aromatic N) is 3. The Kier molecular flexibility index (Phi) is 4.70. The monoisotopic (exact) mass is 291 g/mol. The van der Waals surface area contributed by atoms with Crippen molar-refractivity contribution in [2.45, 2.75) is 33.0 Å². The van der Waals surface area contributed by atoms with Crippen molar-refractivity contribution in [1.82, 2.24) is 14.8 Å². The van der Waals surface area contributed by atoms with Crippen LogP contribution in [0.3, 0.4) is 0 Å². The van der Waals surface area contributed by atoms with Crippen LogP contribution >= 0.6 is 0 Å². The van der Waals surface area contributed by atoms with Crippen molar-refractivity contribution in [2.24, 2.45) is 0 Å². The number of alkyl halides is 3. The van der Waals surface area contributed by atoms with Crippen molar-refractivity contribution in [2.75, 3.05) is 32.7 Å². The molecule has 0 atom stereocenters. The Hall–Kier alpha value is -1.08. The zero-order valence-corrected chi connectivity index (χ0v) is 11.8. The zero-order valence-electron chi connectivity index (χ0n) is 11.8. The number of rotatable bonds is 3. The lowest BCUT2D eigenvalue weighted by atomic mass is 10.3. The lowest BCUT2D eigenvalue weighted by Gasteiger charge is -2.22. The second-order valence-electron chi connectivity index (χ2n) is 5.27. The van der Waals surface area contributed by atoms with Crippen LogP contribution in [0.2, 0.25) is 0 Å². The average Bonchev–Trinajstić information content (AvgIpc) is 2.51. The van der Waals surface area contributed by atoms with E-state index in [2.05, 4.69) is 9.88 Å². The SMILES string of the molecule is Cc1nc(CN2CCCN(CC(F)(F)F)CC2)oc1C. The highest BCUT2D eigenvalue weighted by atomic mass is 19.4. The van der Waals surface area contributed by atoms with Crippen LogP contribution in [-0.2, 0) is 6.54 Å². The fourth-order valence-electron chi connectivity index (χ4n) is 2.39. The largest absolute Gasteiger partial charge is 0.444 e. The fourth-order valence-corrected chi connectivity index (χ4v) is 2.39. The van der Waals surface area contributed by atoms with Crippen LogP contribution in [0.1, 0.15) is 23.8 Å². The summed E-state index contributed by atoms with van der Waals surface area (Å²) in [5.41, 5.74) is 0.869. The smallest absolute Gasteiger partial charge is 0.401 e. The fraction of sp³-hybridized carbons (Fsp3) is 0.769. The highest BCUT2D eigenvalue weighted by molar-refractivity contribution is 5.05. The average molecular weight is 291 g/mol. The summed E-state index contributed by atoms with van der Waals surface area (Å²) >= 11 is 0. The van der Waals surface area contributed by atoms with Crippen LogP contribution in [-0.4, -0.2) is 53.7 Å². The first kappa shape index (κ1) is 15.3. The van der Waals surface area contributed by atoms with E-state index in [1.807, 2.05) is 13.8 Å². The molecule has 0 saturated carbocycles. The summed E-state index contributed by atoms with van der Waals surface area (Å²) in [5, 5.41) is 0. The molecule has 1 aromatic heterocycles. The molecule has 2 heterocycles. The predicted molar refractivity (Wildman–Crippen MR) is 68.4 cm³/mol. The van der Waals surface area contributed by atoms with E-state index < -0.39 is 12.7 Å². The number of oxazole rings is 1. The molecule has 0 amide bonds. The maximum absolute atomic E-state index is 12.4. The van der Waals surface area contributed by atoms with Gasteiger partial charge < -0.3 is 4.42 Å². The Morgan fingerprint density at radius 1 is 1.10 bits per heavy atom. The van der Waals surface area contributed by atoms with Gasteiger partial charge in [-0.05, 0) is 33.4 Å². The Morgan fingerprint density at radius 2 is 1.75 bits per heavy atom. The third-order valence-electron chi connectivity index (χ3n) is 3.52. The predicted octanol–water partition coefficient (Wildman–Crippen LogP) is 2.36. The van der Waals surface area contributed by atoms with Crippen molar-refractivity contribution in [3.63, 3.8) is 0 Å². The minimum Gasteiger partial charge on any atom is -0.444 e. The van der Waals surface area contributed by atoms with Gasteiger partial charge in [0.1, 0.15) is 5.76 Å². The van der Waals surface area contributed by atoms with Crippen LogP contribution in [0.15, 0.2) is 4.42 Å². The second-order valence-corrected chi connectivity index (χ2v) is 5.27. The molecule has 1 saturated heterocycles. The first-order chi connectivity index (χ1) is 9.33. The summed E-state index contributed by atoms with van der Waals surface area (Å²) in [6.07, 6.45) is -3.39. The number of hydrogen-bond donors (Lipinski definition) is 0. The number of aromatic nitrogens is 1. The Labute approximate surface area is 116 Å². The van der Waals surface area contributed by atoms with Crippen LogP contribution in [0, 0.1) is 13.8 Å². The summed E-state index contributed by atoms with van der Waals surface area (Å²) in [6, 6.07) is 0. The topological polar surface area (TPSA) is 32.5 Å². The van der Waals surface area contributed by atoms with Crippen molar-refractivity contribution in [1.29, 1.82) is 0 Å². The first-order valence-corrected chi connectivity index (χ1v) is 6.78. The first-order valence-electron chi connectivity index (χ1n) is 6.78. The van der Waals surface area contributed by atoms with E-state index in [-0.39, 0.29) is 0 Å². The van der Waals surface area contributed by atoms with E-state index >= 15 is 0 Å². The normalized spacial score (nSPS) is 19.2. The summed E-state index contributed by atoms with van der Waals surface area (Å²) in [4.78, 5) is 7.87. The standard InChI is InChI=1S/C13H20F3N3O/c1-10-11(2)20-12(17-10)8-18-4-3-5-19(7-6-18)9-13(14,15)16/h3-9H2,1-2H3. The van der Waals surface area contributed by atoms with Gasteiger partial charge in [0, 0.05) is 13.1 Å². The number of aryl methyl sites for hydroxylation is 2. The molecule has 0 aliphatic carbocycles. The van der Waals surface area contributed by atoms with Crippen molar-refractivity contribution in [3.8, 4) is 0 Å². The molecule has 1 aliphatic heterocycles. The minimum absolute atomic E-state index is 0.429. The summed E-state index contributed by atoms with van der Waals surface area (Å²) in [6.45, 7) is 5.78. The molecule has 1 aliphatic rings. The maximum Gasteiger partial charge on any atom is 0.401 e. The van der Waals surface area contributed by atoms with Gasteiger partial charge in [-0.25, -0.2) is 4.98 Å². The summed E-state index contributed by atoms with van der Waals surface area (Å²) in [7, 11) is 0. The van der Waals surface area contributed by atoms with E-state index in [1.165, 1.54) is 4.90 Å². The van der Waals surface area contributed by atoms with E-state index in [0.29, 0.717) is 32.1 Å². The molecule has 0 spiro atoms. The van der Waals surface area contributed by atoms with Gasteiger partial charge in [-0.15, -0.1) is 0 Å². The van der Waals surface area contributed by atoms with Gasteiger partial charge >= 0.3 is 6.18 Å². The van der Waals surface area contributed by atoms with Gasteiger partial charge in [0.25, 0.3) is 0 Å². The lowest BCUT2D eigenvalue weighted by molar-refractivity contribution is -0.145. The lowest BCUT2D eigenvalue weighted by Crippen LogP contribution is -2.37. The van der Waals surface area contributed by atoms with E-state index in [1.54, 1.807) is 0 Å². The number of hydrogen-bond acceptors (Lipinski definition) is 4. The Morgan fingerprint density at radius 3 is 2.35 bits per heavy atom. The van der Waals surface area contributed by atoms with Crippen molar-refractivity contribution >= 4 is 0 Å². The summed E-state index contributed by atoms with van der Waals surface area (Å²) in [5.74, 6) is 1.44. The van der Waals surface area contributed by atoms with Gasteiger partial charge in [-0.3, -0.25) is 9.80 Å². The Bertz CT molecular complexity index is 425. The molecule has 7 heteroatoms. The third-order valence-corrected chi connectivity index (χ3v) is 3.52. The van der Waals surface area contributed by atoms with E-state index in [9.17, 15) is 13.2 Å². The highest BCUT2D eigenvalue weighted by Crippen LogP contribution is 2.18. The molecule has 20 heavy (non-hydrogen) atoms. The molecule has 4 nitrogen and oxygen atoms in total. The molecule has 0 bridgehead atoms. The molecule has 0 aromatic carbocycles. The third kappa shape index (κ3) is 4.49. The molecule has 0 unspecified atom stereocenters. The molecule has 1 fully saturated rings. The molecule has 2 rings (SSSR count). The molecular weight excluding hydrogens is 271 g/mol. The van der Waals surface area contributed by atoms with Crippen LogP contribution in [0.5, 0.6) is 0 Å². The van der Waals surface area contributed by atoms with Crippen molar-refractivity contribution < 1.29 is 17.6 Å². The zero-order chi connectivity index (χ0) is 14.8. The maximum atomic E-state index is 12.4. The Balaban J connectivity index is 1.86. The van der Waals surface area contributed by atoms with Crippen LogP contribution in [0.4, 0.5) is 13.2 Å². The quantitative estimate of drug-likeness (QED) is 0.856. The molecule has 0 radical (unpaired) electrons. The second kappa shape index (κ2) is 6.13. The van der Waals surface area contributed by atoms with Gasteiger partial charge in [-0.1, -0.05) is 0 Å². The van der Waals surface area contributed by atoms with Gasteiger partial charge in [0.2, 0.25) is 5.89 Å². The van der Waals surface area contributed by atoms with E-state index in [4.69, 9.17) is 4.42 Å². The molecule has 0 N–H and O–H groups in total. The van der Waals surface area contributed by atoms with Gasteiger partial charge in [-0.2, -0.15) is 13.2 Å². The van der Waals surface area contributed by atoms with Gasteiger partial charge in [0.15, 0.2) is 0 Å². The highest BCUT2D eigenvalue weighted by Gasteiger charge is 2.31. The van der Waals surface area contributed by atoms with Gasteiger partial charge in [0.05, 0.1) is 18.8 Å². The van der Waals surface area contributed by atoms with Crippen LogP contribution < -0.4 is 0 Å². The summed E-state index contributed by atoms with van der Waals surface area (Å²) < 4.78 is 42.7. The molecule has 114 valence electrons. The number of halogens is 3. The minimum atomic E-state index is -4.12. The van der Waals surface area contributed by atoms with Crippen LogP contribution in [0.25, 0.3) is 0 Å².